The van der Waals surface area contributed by atoms with Crippen LogP contribution in [0.3, 0.4) is 0 Å². The summed E-state index contributed by atoms with van der Waals surface area (Å²) in [7, 11) is 1.73. The van der Waals surface area contributed by atoms with Crippen molar-refractivity contribution in [2.45, 2.75) is 43.4 Å². The Labute approximate surface area is 197 Å². The molecular weight excluding hydrogens is 461 g/mol. The van der Waals surface area contributed by atoms with Crippen LogP contribution >= 0.6 is 0 Å². The molecule has 2 fully saturated rings. The number of H-pyrrole nitrogens is 1. The lowest BCUT2D eigenvalue weighted by molar-refractivity contribution is -0.137. The number of hydrogen-bond acceptors (Lipinski definition) is 6. The molecule has 12 heteroatoms. The van der Waals surface area contributed by atoms with E-state index in [1.165, 1.54) is 36.0 Å². The number of aryl methyl sites for hydroxylation is 1. The first-order valence-electron chi connectivity index (χ1n) is 11.4. The number of nitrogens with zero attached hydrogens (tertiary/aromatic N) is 5. The van der Waals surface area contributed by atoms with E-state index < -0.39 is 17.3 Å². The summed E-state index contributed by atoms with van der Waals surface area (Å²) < 4.78 is 44.6. The van der Waals surface area contributed by atoms with Gasteiger partial charge in [0.05, 0.1) is 17.6 Å². The van der Waals surface area contributed by atoms with E-state index in [1.807, 2.05) is 0 Å². The third-order valence-electron chi connectivity index (χ3n) is 6.94. The second-order valence-electron chi connectivity index (χ2n) is 9.35. The highest BCUT2D eigenvalue weighted by Gasteiger charge is 2.45. The molecule has 1 saturated carbocycles. The van der Waals surface area contributed by atoms with Crippen molar-refractivity contribution in [1.82, 2.24) is 34.6 Å². The van der Waals surface area contributed by atoms with E-state index in [0.717, 1.165) is 19.0 Å². The van der Waals surface area contributed by atoms with E-state index in [4.69, 9.17) is 0 Å². The molecule has 0 bridgehead atoms. The Morgan fingerprint density at radius 3 is 2.71 bits per heavy atom. The molecule has 1 saturated heterocycles. The number of pyridine rings is 1. The summed E-state index contributed by atoms with van der Waals surface area (Å²) in [6.45, 7) is 0.709. The number of anilines is 1. The van der Waals surface area contributed by atoms with Crippen LogP contribution in [0.4, 0.5) is 19.1 Å². The molecule has 5 heterocycles. The predicted octanol–water partition coefficient (Wildman–Crippen LogP) is 3.22. The first-order chi connectivity index (χ1) is 16.7. The maximum atomic E-state index is 13.9. The second kappa shape index (κ2) is 7.67. The topological polar surface area (TPSA) is 105 Å². The normalized spacial score (nSPS) is 19.4. The maximum absolute atomic E-state index is 13.9. The van der Waals surface area contributed by atoms with Gasteiger partial charge in [0.2, 0.25) is 5.95 Å². The Morgan fingerprint density at radius 1 is 1.23 bits per heavy atom. The molecule has 4 aromatic heterocycles. The Hall–Kier alpha value is -3.67. The molecule has 4 aromatic rings. The minimum atomic E-state index is -4.66. The van der Waals surface area contributed by atoms with Crippen LogP contribution in [0, 0.1) is 0 Å². The fourth-order valence-electron chi connectivity index (χ4n) is 4.78. The van der Waals surface area contributed by atoms with Crippen molar-refractivity contribution in [1.29, 1.82) is 0 Å². The zero-order valence-electron chi connectivity index (χ0n) is 18.9. The van der Waals surface area contributed by atoms with Gasteiger partial charge in [-0.25, -0.2) is 9.97 Å². The van der Waals surface area contributed by atoms with Crippen molar-refractivity contribution in [3.05, 3.63) is 53.0 Å². The molecule has 0 amide bonds. The van der Waals surface area contributed by atoms with Crippen molar-refractivity contribution < 1.29 is 13.2 Å². The summed E-state index contributed by atoms with van der Waals surface area (Å²) in [5.41, 5.74) is -0.456. The van der Waals surface area contributed by atoms with Gasteiger partial charge in [0, 0.05) is 60.9 Å². The van der Waals surface area contributed by atoms with Crippen molar-refractivity contribution >= 4 is 16.9 Å². The minimum Gasteiger partial charge on any atom is -0.356 e. The van der Waals surface area contributed by atoms with E-state index in [-0.39, 0.29) is 34.3 Å². The highest BCUT2D eigenvalue weighted by molar-refractivity contribution is 5.95. The molecule has 1 aliphatic heterocycles. The van der Waals surface area contributed by atoms with Gasteiger partial charge in [-0.2, -0.15) is 18.3 Å². The van der Waals surface area contributed by atoms with Crippen LogP contribution < -0.4 is 16.2 Å². The molecule has 1 aliphatic carbocycles. The van der Waals surface area contributed by atoms with Gasteiger partial charge in [-0.15, -0.1) is 0 Å². The highest BCUT2D eigenvalue weighted by Crippen LogP contribution is 2.42. The van der Waals surface area contributed by atoms with Gasteiger partial charge in [0.1, 0.15) is 11.1 Å². The lowest BCUT2D eigenvalue weighted by atomic mass is 9.99. The number of halogens is 3. The van der Waals surface area contributed by atoms with Gasteiger partial charge in [-0.3, -0.25) is 14.0 Å². The number of alkyl halides is 3. The fourth-order valence-corrected chi connectivity index (χ4v) is 4.78. The molecule has 0 aromatic carbocycles. The summed E-state index contributed by atoms with van der Waals surface area (Å²) in [6.07, 6.45) is 6.52. The maximum Gasteiger partial charge on any atom is 0.419 e. The van der Waals surface area contributed by atoms with E-state index in [2.05, 4.69) is 30.7 Å². The van der Waals surface area contributed by atoms with Crippen LogP contribution in [0.15, 0.2) is 41.8 Å². The average Bonchev–Trinajstić information content (AvgIpc) is 3.22. The minimum absolute atomic E-state index is 0.0282. The lowest BCUT2D eigenvalue weighted by Gasteiger charge is -2.30. The zero-order chi connectivity index (χ0) is 24.4. The lowest BCUT2D eigenvalue weighted by Crippen LogP contribution is -2.46. The van der Waals surface area contributed by atoms with Crippen LogP contribution in [-0.4, -0.2) is 47.4 Å². The summed E-state index contributed by atoms with van der Waals surface area (Å²) in [5, 5.41) is 11.1. The third-order valence-corrected chi connectivity index (χ3v) is 6.94. The molecule has 1 unspecified atom stereocenters. The fraction of sp³-hybridized carbons (Fsp3) is 0.391. The molecule has 9 nitrogen and oxygen atoms in total. The summed E-state index contributed by atoms with van der Waals surface area (Å²) in [5.74, 6) is 0.129. The van der Waals surface area contributed by atoms with Crippen molar-refractivity contribution in [3.63, 3.8) is 0 Å². The quantitative estimate of drug-likeness (QED) is 0.411. The summed E-state index contributed by atoms with van der Waals surface area (Å²) >= 11 is 0. The number of piperidine rings is 1. The van der Waals surface area contributed by atoms with Crippen LogP contribution in [0.5, 0.6) is 0 Å². The van der Waals surface area contributed by atoms with Crippen molar-refractivity contribution in [2.24, 2.45) is 7.05 Å². The Balaban J connectivity index is 1.39. The summed E-state index contributed by atoms with van der Waals surface area (Å²) in [4.78, 5) is 24.2. The van der Waals surface area contributed by atoms with Gasteiger partial charge in [0.25, 0.3) is 5.56 Å². The molecule has 1 spiro atoms. The first-order valence-corrected chi connectivity index (χ1v) is 11.4. The number of aromatic nitrogens is 6. The third kappa shape index (κ3) is 3.87. The second-order valence-corrected chi connectivity index (χ2v) is 9.35. The van der Waals surface area contributed by atoms with Crippen LogP contribution in [0.2, 0.25) is 0 Å². The Kier molecular flexibility index (Phi) is 4.78. The molecular formula is C23H23F3N8O. The van der Waals surface area contributed by atoms with Crippen LogP contribution in [0.25, 0.3) is 27.8 Å². The first kappa shape index (κ1) is 21.8. The van der Waals surface area contributed by atoms with Crippen LogP contribution in [-0.2, 0) is 13.2 Å². The van der Waals surface area contributed by atoms with Gasteiger partial charge < -0.3 is 15.6 Å². The van der Waals surface area contributed by atoms with Gasteiger partial charge >= 0.3 is 6.18 Å². The van der Waals surface area contributed by atoms with Gasteiger partial charge in [0.15, 0.2) is 0 Å². The van der Waals surface area contributed by atoms with E-state index in [9.17, 15) is 18.0 Å². The molecule has 6 rings (SSSR count). The molecule has 182 valence electrons. The molecule has 2 aliphatic rings. The van der Waals surface area contributed by atoms with E-state index in [1.54, 1.807) is 24.0 Å². The Bertz CT molecular complexity index is 1470. The largest absolute Gasteiger partial charge is 0.419 e. The zero-order valence-corrected chi connectivity index (χ0v) is 18.9. The van der Waals surface area contributed by atoms with Crippen LogP contribution in [0.1, 0.15) is 31.2 Å². The van der Waals surface area contributed by atoms with Gasteiger partial charge in [-0.05, 0) is 31.7 Å². The summed E-state index contributed by atoms with van der Waals surface area (Å²) in [6, 6.07) is 1.63. The van der Waals surface area contributed by atoms with Crippen molar-refractivity contribution in [3.8, 4) is 16.9 Å². The number of hydrogen-bond donors (Lipinski definition) is 3. The number of aromatic amines is 1. The van der Waals surface area contributed by atoms with E-state index >= 15 is 0 Å². The predicted molar refractivity (Wildman–Crippen MR) is 123 cm³/mol. The van der Waals surface area contributed by atoms with Crippen molar-refractivity contribution in [2.75, 3.05) is 11.9 Å². The molecule has 1 atom stereocenters. The number of rotatable bonds is 4. The monoisotopic (exact) mass is 484 g/mol. The standard InChI is InChI=1S/C23H23F3N8O/c1-33-12-14(9-30-33)34-7-3-15-16(10-27-19(15)20(34)35)18-17(23(24,25)26)11-28-21(32-18)31-13-2-4-22(5-6-22)29-8-13/h3,7,9-13,27,29H,2,4-6,8H2,1H3,(H,28,31,32). The van der Waals surface area contributed by atoms with Gasteiger partial charge in [-0.1, -0.05) is 0 Å². The average molecular weight is 484 g/mol. The highest BCUT2D eigenvalue weighted by atomic mass is 19.4. The molecule has 35 heavy (non-hydrogen) atoms. The Morgan fingerprint density at radius 2 is 2.06 bits per heavy atom. The number of nitrogens with one attached hydrogen (secondary N) is 3. The molecule has 0 radical (unpaired) electrons. The smallest absolute Gasteiger partial charge is 0.356 e. The molecule has 3 N–H and O–H groups in total. The van der Waals surface area contributed by atoms with E-state index in [0.29, 0.717) is 17.6 Å². The number of fused-ring (bicyclic) bond motifs is 1. The SMILES string of the molecule is Cn1cc(-n2ccc3c(-c4nc(NC5CCC6(CC6)NC5)ncc4C(F)(F)F)c[nH]c3c2=O)cn1.